The van der Waals surface area contributed by atoms with Crippen LogP contribution in [-0.4, -0.2) is 20.6 Å². The molecule has 3 aromatic rings. The molecular weight excluding hydrogens is 496 g/mol. The van der Waals surface area contributed by atoms with Crippen LogP contribution in [-0.2, 0) is 0 Å². The first-order valence-corrected chi connectivity index (χ1v) is 10.9. The molecule has 2 aromatic carbocycles. The molecule has 1 aliphatic carbocycles. The Morgan fingerprint density at radius 1 is 1.23 bits per heavy atom. The monoisotopic (exact) mass is 511 g/mol. The summed E-state index contributed by atoms with van der Waals surface area (Å²) >= 11 is 15.2. The van der Waals surface area contributed by atoms with Crippen LogP contribution < -0.4 is 5.32 Å². The lowest BCUT2D eigenvalue weighted by atomic mass is 9.92. The van der Waals surface area contributed by atoms with Crippen LogP contribution in [0.15, 0.2) is 47.2 Å². The SMILES string of the molecule is O=C(Nc1ccc(F)c(Cl)c1)c1nc(Br)n(C2CCC2)c1C(O)c1ccc(Cl)cc1. The van der Waals surface area contributed by atoms with E-state index >= 15 is 0 Å². The number of anilines is 1. The zero-order valence-electron chi connectivity index (χ0n) is 15.6. The maximum absolute atomic E-state index is 13.4. The van der Waals surface area contributed by atoms with E-state index in [0.717, 1.165) is 19.3 Å². The number of carbonyl (C=O) groups is 1. The molecule has 5 nitrogen and oxygen atoms in total. The van der Waals surface area contributed by atoms with Gasteiger partial charge in [0.25, 0.3) is 5.91 Å². The van der Waals surface area contributed by atoms with Gasteiger partial charge in [0, 0.05) is 16.8 Å². The van der Waals surface area contributed by atoms with Crippen molar-refractivity contribution >= 4 is 50.7 Å². The van der Waals surface area contributed by atoms with Crippen LogP contribution in [0, 0.1) is 5.82 Å². The molecule has 1 heterocycles. The molecule has 1 amide bonds. The lowest BCUT2D eigenvalue weighted by Gasteiger charge is -2.30. The molecule has 1 saturated carbocycles. The number of imidazole rings is 1. The van der Waals surface area contributed by atoms with Gasteiger partial charge in [-0.2, -0.15) is 0 Å². The number of halogens is 4. The number of aliphatic hydroxyl groups is 1. The summed E-state index contributed by atoms with van der Waals surface area (Å²) in [4.78, 5) is 17.4. The van der Waals surface area contributed by atoms with Crippen LogP contribution in [0.3, 0.4) is 0 Å². The van der Waals surface area contributed by atoms with E-state index in [1.54, 1.807) is 24.3 Å². The van der Waals surface area contributed by atoms with Gasteiger partial charge < -0.3 is 15.0 Å². The summed E-state index contributed by atoms with van der Waals surface area (Å²) in [6.45, 7) is 0. The molecule has 156 valence electrons. The summed E-state index contributed by atoms with van der Waals surface area (Å²) < 4.78 is 15.8. The van der Waals surface area contributed by atoms with Gasteiger partial charge >= 0.3 is 0 Å². The smallest absolute Gasteiger partial charge is 0.276 e. The molecule has 4 rings (SSSR count). The van der Waals surface area contributed by atoms with Crippen LogP contribution in [0.2, 0.25) is 10.0 Å². The molecule has 0 saturated heterocycles. The normalized spacial score (nSPS) is 15.0. The third kappa shape index (κ3) is 4.12. The molecule has 1 fully saturated rings. The van der Waals surface area contributed by atoms with E-state index in [2.05, 4.69) is 26.2 Å². The van der Waals surface area contributed by atoms with E-state index in [1.807, 2.05) is 4.57 Å². The number of carbonyl (C=O) groups excluding carboxylic acids is 1. The molecular formula is C21H17BrCl2FN3O2. The third-order valence-electron chi connectivity index (χ3n) is 5.18. The molecule has 0 spiro atoms. The zero-order valence-corrected chi connectivity index (χ0v) is 18.7. The van der Waals surface area contributed by atoms with Crippen LogP contribution in [0.4, 0.5) is 10.1 Å². The Balaban J connectivity index is 1.74. The van der Waals surface area contributed by atoms with E-state index in [0.29, 0.717) is 26.7 Å². The number of hydrogen-bond acceptors (Lipinski definition) is 3. The number of benzene rings is 2. The number of amides is 1. The van der Waals surface area contributed by atoms with Gasteiger partial charge in [-0.25, -0.2) is 9.37 Å². The fourth-order valence-electron chi connectivity index (χ4n) is 3.40. The van der Waals surface area contributed by atoms with Gasteiger partial charge in [0.2, 0.25) is 0 Å². The number of aromatic nitrogens is 2. The third-order valence-corrected chi connectivity index (χ3v) is 6.28. The van der Waals surface area contributed by atoms with Gasteiger partial charge in [0.05, 0.1) is 10.7 Å². The van der Waals surface area contributed by atoms with Gasteiger partial charge in [-0.3, -0.25) is 4.79 Å². The Bertz CT molecular complexity index is 1100. The minimum Gasteiger partial charge on any atom is -0.382 e. The van der Waals surface area contributed by atoms with Crippen molar-refractivity contribution in [1.82, 2.24) is 9.55 Å². The summed E-state index contributed by atoms with van der Waals surface area (Å²) in [5.74, 6) is -1.11. The first-order chi connectivity index (χ1) is 14.3. The largest absolute Gasteiger partial charge is 0.382 e. The van der Waals surface area contributed by atoms with Crippen molar-refractivity contribution in [3.63, 3.8) is 0 Å². The van der Waals surface area contributed by atoms with E-state index in [9.17, 15) is 14.3 Å². The maximum Gasteiger partial charge on any atom is 0.276 e. The first-order valence-electron chi connectivity index (χ1n) is 9.32. The Labute approximate surface area is 191 Å². The Hall–Kier alpha value is -1.93. The average Bonchev–Trinajstić information content (AvgIpc) is 3.01. The van der Waals surface area contributed by atoms with Crippen LogP contribution in [0.1, 0.15) is 53.2 Å². The van der Waals surface area contributed by atoms with Crippen molar-refractivity contribution in [2.24, 2.45) is 0 Å². The van der Waals surface area contributed by atoms with Crippen LogP contribution >= 0.6 is 39.1 Å². The van der Waals surface area contributed by atoms with Gasteiger partial charge in [-0.15, -0.1) is 0 Å². The first kappa shape index (κ1) is 21.3. The zero-order chi connectivity index (χ0) is 21.4. The molecule has 0 aliphatic heterocycles. The molecule has 0 radical (unpaired) electrons. The van der Waals surface area contributed by atoms with Crippen LogP contribution in [0.5, 0.6) is 0 Å². The van der Waals surface area contributed by atoms with Crippen molar-refractivity contribution in [3.8, 4) is 0 Å². The molecule has 2 N–H and O–H groups in total. The molecule has 1 unspecified atom stereocenters. The molecule has 1 atom stereocenters. The second-order valence-corrected chi connectivity index (χ2v) is 8.66. The van der Waals surface area contributed by atoms with E-state index in [4.69, 9.17) is 23.2 Å². The molecule has 1 aromatic heterocycles. The van der Waals surface area contributed by atoms with Crippen molar-refractivity contribution in [3.05, 3.63) is 80.0 Å². The minimum absolute atomic E-state index is 0.0803. The van der Waals surface area contributed by atoms with Gasteiger partial charge in [0.15, 0.2) is 10.4 Å². The highest BCUT2D eigenvalue weighted by Gasteiger charge is 2.33. The summed E-state index contributed by atoms with van der Waals surface area (Å²) in [6, 6.07) is 10.8. The topological polar surface area (TPSA) is 67.2 Å². The quantitative estimate of drug-likeness (QED) is 0.430. The molecule has 9 heteroatoms. The minimum atomic E-state index is -1.08. The maximum atomic E-state index is 13.4. The predicted molar refractivity (Wildman–Crippen MR) is 118 cm³/mol. The summed E-state index contributed by atoms with van der Waals surface area (Å²) in [6.07, 6.45) is 1.86. The lowest BCUT2D eigenvalue weighted by molar-refractivity contribution is 0.101. The Morgan fingerprint density at radius 3 is 2.53 bits per heavy atom. The number of nitrogens with zero attached hydrogens (tertiary/aromatic N) is 2. The van der Waals surface area contributed by atoms with Crippen molar-refractivity contribution in [2.75, 3.05) is 5.32 Å². The summed E-state index contributed by atoms with van der Waals surface area (Å²) in [5.41, 5.74) is 1.38. The second kappa shape index (κ2) is 8.67. The van der Waals surface area contributed by atoms with Gasteiger partial charge in [-0.1, -0.05) is 35.3 Å². The summed E-state index contributed by atoms with van der Waals surface area (Å²) in [5, 5.41) is 14.3. The highest BCUT2D eigenvalue weighted by Crippen LogP contribution is 2.39. The van der Waals surface area contributed by atoms with E-state index < -0.39 is 17.8 Å². The fraction of sp³-hybridized carbons (Fsp3) is 0.238. The molecule has 30 heavy (non-hydrogen) atoms. The van der Waals surface area contributed by atoms with Gasteiger partial charge in [0.1, 0.15) is 11.9 Å². The lowest BCUT2D eigenvalue weighted by Crippen LogP contribution is -2.23. The molecule has 1 aliphatic rings. The number of hydrogen-bond donors (Lipinski definition) is 2. The number of nitrogens with one attached hydrogen (secondary N) is 1. The highest BCUT2D eigenvalue weighted by molar-refractivity contribution is 9.10. The van der Waals surface area contributed by atoms with E-state index in [-0.39, 0.29) is 16.8 Å². The predicted octanol–water partition coefficient (Wildman–Crippen LogP) is 6.15. The number of aliphatic hydroxyl groups excluding tert-OH is 1. The van der Waals surface area contributed by atoms with Crippen molar-refractivity contribution in [1.29, 1.82) is 0 Å². The fourth-order valence-corrected chi connectivity index (χ4v) is 4.37. The van der Waals surface area contributed by atoms with Crippen LogP contribution in [0.25, 0.3) is 0 Å². The van der Waals surface area contributed by atoms with E-state index in [1.165, 1.54) is 18.2 Å². The Kier molecular flexibility index (Phi) is 6.16. The van der Waals surface area contributed by atoms with Gasteiger partial charge in [-0.05, 0) is 71.1 Å². The second-order valence-electron chi connectivity index (χ2n) is 7.11. The number of rotatable bonds is 5. The van der Waals surface area contributed by atoms with Crippen molar-refractivity contribution < 1.29 is 14.3 Å². The summed E-state index contributed by atoms with van der Waals surface area (Å²) in [7, 11) is 0. The Morgan fingerprint density at radius 2 is 1.93 bits per heavy atom. The highest BCUT2D eigenvalue weighted by atomic mass is 79.9. The standard InChI is InChI=1S/C21H17BrCl2FN3O2/c22-21-27-17(20(30)26-13-8-9-16(25)15(24)10-13)18(28(21)14-2-1-3-14)19(29)11-4-6-12(23)7-5-11/h4-10,14,19,29H,1-3H2,(H,26,30). The molecule has 0 bridgehead atoms. The average molecular weight is 513 g/mol. The van der Waals surface area contributed by atoms with Crippen molar-refractivity contribution in [2.45, 2.75) is 31.4 Å².